The highest BCUT2D eigenvalue weighted by Gasteiger charge is 2.14. The Morgan fingerprint density at radius 3 is 2.81 bits per heavy atom. The summed E-state index contributed by atoms with van der Waals surface area (Å²) in [6.45, 7) is 0. The van der Waals surface area contributed by atoms with Gasteiger partial charge in [0.15, 0.2) is 11.0 Å². The number of carboxylic acids is 1. The highest BCUT2D eigenvalue weighted by molar-refractivity contribution is 7.99. The molecule has 6 nitrogen and oxygen atoms in total. The number of nitrogens with one attached hydrogen (secondary N) is 1. The average Bonchev–Trinajstić information content (AvgIpc) is 2.93. The zero-order chi connectivity index (χ0) is 14.8. The number of aromatic nitrogens is 3. The van der Waals surface area contributed by atoms with E-state index >= 15 is 0 Å². The number of carboxylic acid groups (broad SMARTS) is 1. The van der Waals surface area contributed by atoms with Crippen molar-refractivity contribution in [3.8, 4) is 17.1 Å². The lowest BCUT2D eigenvalue weighted by Crippen LogP contribution is -1.97. The van der Waals surface area contributed by atoms with E-state index < -0.39 is 5.97 Å². The van der Waals surface area contributed by atoms with Crippen molar-refractivity contribution in [1.29, 1.82) is 0 Å². The van der Waals surface area contributed by atoms with E-state index in [2.05, 4.69) is 15.2 Å². The topological polar surface area (TPSA) is 99.1 Å². The van der Waals surface area contributed by atoms with Crippen LogP contribution in [0.5, 0.6) is 5.75 Å². The molecule has 1 aromatic heterocycles. The van der Waals surface area contributed by atoms with Gasteiger partial charge in [-0.05, 0) is 16.8 Å². The molecular formula is C14H11N3O3S. The first-order valence-electron chi connectivity index (χ1n) is 6.13. The molecule has 3 N–H and O–H groups in total. The fourth-order valence-electron chi connectivity index (χ4n) is 2.06. The third-order valence-electron chi connectivity index (χ3n) is 2.94. The molecule has 0 saturated heterocycles. The summed E-state index contributed by atoms with van der Waals surface area (Å²) >= 11 is 1.04. The van der Waals surface area contributed by atoms with Crippen LogP contribution in [0.25, 0.3) is 22.2 Å². The molecule has 0 unspecified atom stereocenters. The van der Waals surface area contributed by atoms with Gasteiger partial charge in [-0.2, -0.15) is 0 Å². The van der Waals surface area contributed by atoms with Gasteiger partial charge in [-0.3, -0.25) is 4.79 Å². The number of fused-ring (bicyclic) bond motifs is 1. The summed E-state index contributed by atoms with van der Waals surface area (Å²) in [7, 11) is 0. The molecule has 0 spiro atoms. The summed E-state index contributed by atoms with van der Waals surface area (Å²) in [6.07, 6.45) is 0. The third kappa shape index (κ3) is 2.68. The number of benzene rings is 2. The van der Waals surface area contributed by atoms with Gasteiger partial charge in [0.25, 0.3) is 0 Å². The van der Waals surface area contributed by atoms with E-state index in [0.717, 1.165) is 22.5 Å². The molecular weight excluding hydrogens is 290 g/mol. The Kier molecular flexibility index (Phi) is 3.49. The number of aliphatic carboxylic acids is 1. The molecule has 2 aromatic carbocycles. The van der Waals surface area contributed by atoms with Crippen LogP contribution < -0.4 is 0 Å². The lowest BCUT2D eigenvalue weighted by atomic mass is 10.0. The van der Waals surface area contributed by atoms with Crippen molar-refractivity contribution in [2.24, 2.45) is 0 Å². The fraction of sp³-hybridized carbons (Fsp3) is 0.0714. The number of rotatable bonds is 4. The highest BCUT2D eigenvalue weighted by Crippen LogP contribution is 2.34. The third-order valence-corrected chi connectivity index (χ3v) is 3.79. The van der Waals surface area contributed by atoms with Crippen molar-refractivity contribution in [3.05, 3.63) is 36.4 Å². The Hall–Kier alpha value is -2.54. The molecule has 3 rings (SSSR count). The normalized spacial score (nSPS) is 10.9. The van der Waals surface area contributed by atoms with Crippen LogP contribution in [-0.2, 0) is 4.79 Å². The number of nitrogens with zero attached hydrogens (tertiary/aromatic N) is 2. The second-order valence-corrected chi connectivity index (χ2v) is 5.31. The quantitative estimate of drug-likeness (QED) is 0.640. The van der Waals surface area contributed by atoms with E-state index in [4.69, 9.17) is 5.11 Å². The summed E-state index contributed by atoms with van der Waals surface area (Å²) in [5.41, 5.74) is 0.558. The van der Waals surface area contributed by atoms with Gasteiger partial charge >= 0.3 is 5.97 Å². The highest BCUT2D eigenvalue weighted by atomic mass is 32.2. The monoisotopic (exact) mass is 301 g/mol. The van der Waals surface area contributed by atoms with Crippen LogP contribution in [-0.4, -0.2) is 37.1 Å². The number of thioether (sulfide) groups is 1. The number of H-pyrrole nitrogens is 1. The van der Waals surface area contributed by atoms with Gasteiger partial charge in [0.05, 0.1) is 11.3 Å². The van der Waals surface area contributed by atoms with Crippen LogP contribution in [0, 0.1) is 0 Å². The van der Waals surface area contributed by atoms with Crippen LogP contribution in [0.4, 0.5) is 0 Å². The summed E-state index contributed by atoms with van der Waals surface area (Å²) in [4.78, 5) is 13.5. The van der Waals surface area contributed by atoms with E-state index in [1.54, 1.807) is 6.07 Å². The maximum atomic E-state index is 10.6. The molecule has 21 heavy (non-hydrogen) atoms. The van der Waals surface area contributed by atoms with Gasteiger partial charge in [0, 0.05) is 0 Å². The number of hydrogen-bond donors (Lipinski definition) is 3. The Morgan fingerprint density at radius 1 is 1.19 bits per heavy atom. The number of phenols is 1. The molecule has 0 amide bonds. The van der Waals surface area contributed by atoms with Crippen molar-refractivity contribution in [3.63, 3.8) is 0 Å². The fourth-order valence-corrected chi connectivity index (χ4v) is 2.59. The number of aromatic hydroxyl groups is 1. The maximum Gasteiger partial charge on any atom is 0.313 e. The van der Waals surface area contributed by atoms with Gasteiger partial charge in [0.2, 0.25) is 0 Å². The van der Waals surface area contributed by atoms with E-state index in [1.807, 2.05) is 30.3 Å². The predicted octanol–water partition coefficient (Wildman–Crippen LogP) is 2.51. The van der Waals surface area contributed by atoms with Crippen LogP contribution in [0.2, 0.25) is 0 Å². The van der Waals surface area contributed by atoms with Crippen molar-refractivity contribution >= 4 is 28.5 Å². The van der Waals surface area contributed by atoms with Crippen molar-refractivity contribution in [2.45, 2.75) is 5.16 Å². The molecule has 0 radical (unpaired) electrons. The summed E-state index contributed by atoms with van der Waals surface area (Å²) in [5.74, 6) is -0.515. The minimum Gasteiger partial charge on any atom is -0.507 e. The molecule has 0 aliphatic rings. The molecule has 1 heterocycles. The predicted molar refractivity (Wildman–Crippen MR) is 79.3 cm³/mol. The molecule has 3 aromatic rings. The van der Waals surface area contributed by atoms with Crippen molar-refractivity contribution in [2.75, 3.05) is 5.75 Å². The molecule has 7 heteroatoms. The molecule has 0 atom stereocenters. The minimum absolute atomic E-state index is 0.0969. The van der Waals surface area contributed by atoms with Crippen molar-refractivity contribution < 1.29 is 15.0 Å². The van der Waals surface area contributed by atoms with Gasteiger partial charge in [0.1, 0.15) is 5.75 Å². The first-order chi connectivity index (χ1) is 10.1. The van der Waals surface area contributed by atoms with Crippen molar-refractivity contribution in [1.82, 2.24) is 15.2 Å². The molecule has 0 aliphatic heterocycles. The second-order valence-electron chi connectivity index (χ2n) is 4.34. The SMILES string of the molecule is O=C(O)CSc1nnc(-c2c(O)ccc3ccccc23)[nH]1. The Balaban J connectivity index is 2.04. The Bertz CT molecular complexity index is 816. The maximum absolute atomic E-state index is 10.6. The van der Waals surface area contributed by atoms with Gasteiger partial charge in [-0.25, -0.2) is 0 Å². The molecule has 0 bridgehead atoms. The average molecular weight is 301 g/mol. The standard InChI is InChI=1S/C14H11N3O3S/c18-10-6-5-8-3-1-2-4-9(8)12(10)13-15-14(17-16-13)21-7-11(19)20/h1-6,18H,7H2,(H,19,20)(H,15,16,17). The minimum atomic E-state index is -0.925. The molecule has 0 saturated carbocycles. The molecule has 106 valence electrons. The van der Waals surface area contributed by atoms with Gasteiger partial charge < -0.3 is 15.2 Å². The Morgan fingerprint density at radius 2 is 2.00 bits per heavy atom. The number of phenolic OH excluding ortho intramolecular Hbond substituents is 1. The van der Waals surface area contributed by atoms with E-state index in [1.165, 1.54) is 0 Å². The largest absolute Gasteiger partial charge is 0.507 e. The van der Waals surface area contributed by atoms with Crippen LogP contribution in [0.1, 0.15) is 0 Å². The summed E-state index contributed by atoms with van der Waals surface area (Å²) in [5, 5.41) is 28.9. The van der Waals surface area contributed by atoms with Crippen LogP contribution in [0.15, 0.2) is 41.6 Å². The number of aromatic amines is 1. The van der Waals surface area contributed by atoms with Gasteiger partial charge in [-0.1, -0.05) is 42.1 Å². The van der Waals surface area contributed by atoms with Gasteiger partial charge in [-0.15, -0.1) is 10.2 Å². The first-order valence-corrected chi connectivity index (χ1v) is 7.12. The zero-order valence-corrected chi connectivity index (χ0v) is 11.6. The van der Waals surface area contributed by atoms with E-state index in [9.17, 15) is 9.90 Å². The summed E-state index contributed by atoms with van der Waals surface area (Å²) < 4.78 is 0. The Labute approximate surface area is 123 Å². The first kappa shape index (κ1) is 13.4. The number of carbonyl (C=O) groups is 1. The lowest BCUT2D eigenvalue weighted by molar-refractivity contribution is -0.133. The zero-order valence-electron chi connectivity index (χ0n) is 10.8. The number of hydrogen-bond acceptors (Lipinski definition) is 5. The summed E-state index contributed by atoms with van der Waals surface area (Å²) in [6, 6.07) is 11.0. The molecule has 0 fully saturated rings. The van der Waals surface area contributed by atoms with E-state index in [0.29, 0.717) is 16.5 Å². The molecule has 0 aliphatic carbocycles. The van der Waals surface area contributed by atoms with E-state index in [-0.39, 0.29) is 11.5 Å². The second kappa shape index (κ2) is 5.45. The van der Waals surface area contributed by atoms with Crippen LogP contribution >= 0.6 is 11.8 Å². The smallest absolute Gasteiger partial charge is 0.313 e. The lowest BCUT2D eigenvalue weighted by Gasteiger charge is -2.05. The van der Waals surface area contributed by atoms with Crippen LogP contribution in [0.3, 0.4) is 0 Å².